The molecular formula is C16H29NO2. The van der Waals surface area contributed by atoms with Crippen LogP contribution < -0.4 is 5.32 Å². The normalized spacial score (nSPS) is 38.1. The van der Waals surface area contributed by atoms with Crippen molar-refractivity contribution >= 4 is 0 Å². The van der Waals surface area contributed by atoms with Gasteiger partial charge in [-0.05, 0) is 38.1 Å². The molecule has 0 radical (unpaired) electrons. The van der Waals surface area contributed by atoms with Crippen LogP contribution in [-0.2, 0) is 9.47 Å². The third-order valence-electron chi connectivity index (χ3n) is 5.60. The van der Waals surface area contributed by atoms with Gasteiger partial charge in [-0.15, -0.1) is 0 Å². The number of rotatable bonds is 4. The Balaban J connectivity index is 1.58. The van der Waals surface area contributed by atoms with Crippen LogP contribution in [0.5, 0.6) is 0 Å². The van der Waals surface area contributed by atoms with Crippen LogP contribution in [0.3, 0.4) is 0 Å². The van der Waals surface area contributed by atoms with E-state index >= 15 is 0 Å². The topological polar surface area (TPSA) is 30.5 Å². The minimum atomic E-state index is 0.0632. The Morgan fingerprint density at radius 2 is 2.05 bits per heavy atom. The third-order valence-corrected chi connectivity index (χ3v) is 5.60. The fourth-order valence-corrected chi connectivity index (χ4v) is 4.42. The Bertz CT molecular complexity index is 282. The van der Waals surface area contributed by atoms with Crippen molar-refractivity contribution in [3.05, 3.63) is 0 Å². The van der Waals surface area contributed by atoms with Crippen molar-refractivity contribution in [1.29, 1.82) is 0 Å². The first-order chi connectivity index (χ1) is 9.31. The van der Waals surface area contributed by atoms with Crippen LogP contribution in [-0.4, -0.2) is 38.5 Å². The Morgan fingerprint density at radius 1 is 1.21 bits per heavy atom. The lowest BCUT2D eigenvalue weighted by Crippen LogP contribution is -2.47. The average Bonchev–Trinajstić information content (AvgIpc) is 3.08. The quantitative estimate of drug-likeness (QED) is 0.849. The Hall–Kier alpha value is -0.120. The molecule has 3 fully saturated rings. The van der Waals surface area contributed by atoms with Gasteiger partial charge in [0.1, 0.15) is 0 Å². The molecule has 3 heteroatoms. The maximum Gasteiger partial charge on any atom is 0.0939 e. The number of hydrogen-bond donors (Lipinski definition) is 1. The van der Waals surface area contributed by atoms with E-state index in [9.17, 15) is 0 Å². The molecular weight excluding hydrogens is 238 g/mol. The van der Waals surface area contributed by atoms with Crippen molar-refractivity contribution in [3.63, 3.8) is 0 Å². The maximum atomic E-state index is 6.07. The van der Waals surface area contributed by atoms with E-state index in [1.807, 2.05) is 0 Å². The van der Waals surface area contributed by atoms with E-state index in [1.54, 1.807) is 0 Å². The van der Waals surface area contributed by atoms with Gasteiger partial charge in [0.05, 0.1) is 12.2 Å². The molecule has 0 aromatic rings. The van der Waals surface area contributed by atoms with Crippen molar-refractivity contribution < 1.29 is 9.47 Å². The minimum absolute atomic E-state index is 0.0632. The zero-order valence-corrected chi connectivity index (χ0v) is 12.3. The number of ether oxygens (including phenoxy) is 2. The highest BCUT2D eigenvalue weighted by Crippen LogP contribution is 2.39. The summed E-state index contributed by atoms with van der Waals surface area (Å²) in [5.41, 5.74) is 0.0632. The first-order valence-corrected chi connectivity index (χ1v) is 8.20. The second-order valence-corrected chi connectivity index (χ2v) is 6.87. The first kappa shape index (κ1) is 13.8. The lowest BCUT2D eigenvalue weighted by molar-refractivity contribution is -0.103. The maximum absolute atomic E-state index is 6.07. The van der Waals surface area contributed by atoms with Crippen LogP contribution in [0, 0.1) is 11.8 Å². The lowest BCUT2D eigenvalue weighted by atomic mass is 9.78. The van der Waals surface area contributed by atoms with Gasteiger partial charge in [0.2, 0.25) is 0 Å². The molecule has 3 aliphatic rings. The highest BCUT2D eigenvalue weighted by molar-refractivity contribution is 4.94. The van der Waals surface area contributed by atoms with E-state index in [-0.39, 0.29) is 5.60 Å². The van der Waals surface area contributed by atoms with E-state index in [2.05, 4.69) is 12.4 Å². The van der Waals surface area contributed by atoms with Crippen LogP contribution in [0.15, 0.2) is 0 Å². The summed E-state index contributed by atoms with van der Waals surface area (Å²) < 4.78 is 11.7. The minimum Gasteiger partial charge on any atom is -0.378 e. The molecule has 1 spiro atoms. The zero-order valence-electron chi connectivity index (χ0n) is 12.3. The van der Waals surface area contributed by atoms with Gasteiger partial charge in [-0.2, -0.15) is 0 Å². The zero-order chi connectivity index (χ0) is 13.1. The average molecular weight is 267 g/mol. The summed E-state index contributed by atoms with van der Waals surface area (Å²) >= 11 is 0. The molecule has 1 aliphatic carbocycles. The second kappa shape index (κ2) is 6.11. The molecule has 3 nitrogen and oxygen atoms in total. The van der Waals surface area contributed by atoms with Crippen molar-refractivity contribution in [3.8, 4) is 0 Å². The van der Waals surface area contributed by atoms with Gasteiger partial charge in [0.15, 0.2) is 0 Å². The highest BCUT2D eigenvalue weighted by atomic mass is 16.6. The van der Waals surface area contributed by atoms with Gasteiger partial charge < -0.3 is 14.8 Å². The second-order valence-electron chi connectivity index (χ2n) is 6.87. The monoisotopic (exact) mass is 267 g/mol. The molecule has 2 heterocycles. The fraction of sp³-hybridized carbons (Fsp3) is 1.00. The van der Waals surface area contributed by atoms with Gasteiger partial charge in [0.25, 0.3) is 0 Å². The van der Waals surface area contributed by atoms with E-state index in [4.69, 9.17) is 9.47 Å². The molecule has 1 saturated carbocycles. The predicted octanol–water partition coefficient (Wildman–Crippen LogP) is 2.74. The van der Waals surface area contributed by atoms with Crippen molar-refractivity contribution in [1.82, 2.24) is 5.32 Å². The van der Waals surface area contributed by atoms with Crippen molar-refractivity contribution in [2.75, 3.05) is 26.9 Å². The summed E-state index contributed by atoms with van der Waals surface area (Å²) in [6.45, 7) is 2.64. The summed E-state index contributed by atoms with van der Waals surface area (Å²) in [6, 6.07) is 0.685. The summed E-state index contributed by atoms with van der Waals surface area (Å²) in [5.74, 6) is 1.75. The smallest absolute Gasteiger partial charge is 0.0939 e. The predicted molar refractivity (Wildman–Crippen MR) is 76.3 cm³/mol. The lowest BCUT2D eigenvalue weighted by Gasteiger charge is -2.41. The van der Waals surface area contributed by atoms with Gasteiger partial charge in [-0.1, -0.05) is 25.7 Å². The van der Waals surface area contributed by atoms with Gasteiger partial charge in [-0.3, -0.25) is 0 Å². The van der Waals surface area contributed by atoms with Gasteiger partial charge >= 0.3 is 0 Å². The van der Waals surface area contributed by atoms with Crippen LogP contribution in [0.4, 0.5) is 0 Å². The Kier molecular flexibility index (Phi) is 4.45. The SMILES string of the molecule is CNC(CC1CCCC1)C1CCOC2(CCOC2)C1. The highest BCUT2D eigenvalue weighted by Gasteiger charge is 2.43. The molecule has 3 rings (SSSR count). The molecule has 0 bridgehead atoms. The molecule has 2 saturated heterocycles. The molecule has 0 aromatic carbocycles. The molecule has 0 aromatic heterocycles. The van der Waals surface area contributed by atoms with E-state index in [1.165, 1.54) is 44.9 Å². The van der Waals surface area contributed by atoms with Crippen LogP contribution >= 0.6 is 0 Å². The van der Waals surface area contributed by atoms with Gasteiger partial charge in [0, 0.05) is 25.7 Å². The Morgan fingerprint density at radius 3 is 2.74 bits per heavy atom. The summed E-state index contributed by atoms with van der Waals surface area (Å²) in [7, 11) is 2.15. The molecule has 2 aliphatic heterocycles. The molecule has 3 unspecified atom stereocenters. The first-order valence-electron chi connectivity index (χ1n) is 8.20. The number of nitrogens with one attached hydrogen (secondary N) is 1. The third kappa shape index (κ3) is 3.14. The molecule has 19 heavy (non-hydrogen) atoms. The standard InChI is InChI=1S/C16H29NO2/c1-17-15(10-13-4-2-3-5-13)14-6-8-19-16(11-14)7-9-18-12-16/h13-15,17H,2-12H2,1H3. The summed E-state index contributed by atoms with van der Waals surface area (Å²) in [5, 5.41) is 3.61. The van der Waals surface area contributed by atoms with E-state index in [0.29, 0.717) is 6.04 Å². The van der Waals surface area contributed by atoms with Crippen LogP contribution in [0.1, 0.15) is 51.4 Å². The number of hydrogen-bond acceptors (Lipinski definition) is 3. The summed E-state index contributed by atoms with van der Waals surface area (Å²) in [6.07, 6.45) is 10.7. The van der Waals surface area contributed by atoms with Crippen LogP contribution in [0.25, 0.3) is 0 Å². The van der Waals surface area contributed by atoms with E-state index in [0.717, 1.165) is 38.1 Å². The molecule has 0 amide bonds. The molecule has 110 valence electrons. The fourth-order valence-electron chi connectivity index (χ4n) is 4.42. The van der Waals surface area contributed by atoms with E-state index < -0.39 is 0 Å². The molecule has 3 atom stereocenters. The molecule has 1 N–H and O–H groups in total. The largest absolute Gasteiger partial charge is 0.378 e. The Labute approximate surface area is 117 Å². The van der Waals surface area contributed by atoms with Crippen molar-refractivity contribution in [2.24, 2.45) is 11.8 Å². The van der Waals surface area contributed by atoms with Crippen LogP contribution in [0.2, 0.25) is 0 Å². The summed E-state index contributed by atoms with van der Waals surface area (Å²) in [4.78, 5) is 0. The van der Waals surface area contributed by atoms with Crippen molar-refractivity contribution in [2.45, 2.75) is 63.0 Å². The van der Waals surface area contributed by atoms with Gasteiger partial charge in [-0.25, -0.2) is 0 Å².